The normalized spacial score (nSPS) is 12.3. The number of hydrogen-bond acceptors (Lipinski definition) is 5. The molecule has 0 aromatic heterocycles. The number of carbonyl (C=O) groups excluding carboxylic acids is 1. The van der Waals surface area contributed by atoms with Crippen LogP contribution in [0.1, 0.15) is 6.92 Å². The molecule has 0 radical (unpaired) electrons. The van der Waals surface area contributed by atoms with Gasteiger partial charge in [0.15, 0.2) is 0 Å². The first kappa shape index (κ1) is 14.5. The zero-order valence-corrected chi connectivity index (χ0v) is 11.2. The van der Waals surface area contributed by atoms with Gasteiger partial charge in [0.05, 0.1) is 9.92 Å². The Morgan fingerprint density at radius 1 is 1.39 bits per heavy atom. The summed E-state index contributed by atoms with van der Waals surface area (Å²) in [6.45, 7) is 1.15. The van der Waals surface area contributed by atoms with E-state index < -0.39 is 20.9 Å². The average Bonchev–Trinajstić information content (AvgIpc) is 2.29. The molecule has 8 heteroatoms. The van der Waals surface area contributed by atoms with Crippen LogP contribution in [0.15, 0.2) is 34.3 Å². The summed E-state index contributed by atoms with van der Waals surface area (Å²) in [5.74, 6) is -0.585. The first-order valence-electron chi connectivity index (χ1n) is 4.78. The number of hydrogen-bond donors (Lipinski definition) is 1. The van der Waals surface area contributed by atoms with Crippen LogP contribution in [0.3, 0.4) is 0 Å². The Labute approximate surface area is 109 Å². The summed E-state index contributed by atoms with van der Waals surface area (Å²) < 4.78 is 24.3. The molecular weight excluding hydrogens is 280 g/mol. The Kier molecular flexibility index (Phi) is 4.31. The third kappa shape index (κ3) is 2.62. The van der Waals surface area contributed by atoms with Crippen LogP contribution in [-0.4, -0.2) is 36.6 Å². The first-order chi connectivity index (χ1) is 8.32. The van der Waals surface area contributed by atoms with Crippen molar-refractivity contribution < 1.29 is 18.4 Å². The summed E-state index contributed by atoms with van der Waals surface area (Å²) in [6.07, 6.45) is 0. The van der Waals surface area contributed by atoms with E-state index in [4.69, 9.17) is 16.8 Å². The Bertz CT molecular complexity index is 598. The summed E-state index contributed by atoms with van der Waals surface area (Å²) in [5, 5.41) is 10.7. The molecule has 0 atom stereocenters. The van der Waals surface area contributed by atoms with Crippen molar-refractivity contribution in [3.8, 4) is 0 Å². The van der Waals surface area contributed by atoms with E-state index in [2.05, 4.69) is 5.16 Å². The monoisotopic (exact) mass is 290 g/mol. The summed E-state index contributed by atoms with van der Waals surface area (Å²) in [5.41, 5.74) is 0. The quantitative estimate of drug-likeness (QED) is 0.366. The van der Waals surface area contributed by atoms with Crippen LogP contribution >= 0.6 is 11.6 Å². The highest BCUT2D eigenvalue weighted by Gasteiger charge is 2.30. The smallest absolute Gasteiger partial charge is 0.272 e. The van der Waals surface area contributed by atoms with Gasteiger partial charge in [0.2, 0.25) is 15.7 Å². The van der Waals surface area contributed by atoms with Crippen molar-refractivity contribution in [3.63, 3.8) is 0 Å². The number of carbonyl (C=O) groups is 1. The van der Waals surface area contributed by atoms with Crippen molar-refractivity contribution in [1.29, 1.82) is 0 Å². The van der Waals surface area contributed by atoms with Crippen molar-refractivity contribution in [2.24, 2.45) is 5.16 Å². The predicted molar refractivity (Wildman–Crippen MR) is 66.3 cm³/mol. The topological polar surface area (TPSA) is 87.0 Å². The van der Waals surface area contributed by atoms with E-state index in [0.29, 0.717) is 0 Å². The summed E-state index contributed by atoms with van der Waals surface area (Å²) in [7, 11) is -2.97. The molecule has 0 aliphatic carbocycles. The maximum absolute atomic E-state index is 12.2. The molecule has 0 saturated carbocycles. The molecule has 0 unspecified atom stereocenters. The minimum absolute atomic E-state index is 0.0180. The van der Waals surface area contributed by atoms with Crippen molar-refractivity contribution >= 4 is 32.5 Å². The first-order valence-corrected chi connectivity index (χ1v) is 6.64. The Balaban J connectivity index is 3.39. The molecule has 6 nitrogen and oxygen atoms in total. The predicted octanol–water partition coefficient (Wildman–Crippen LogP) is 1.34. The van der Waals surface area contributed by atoms with Crippen LogP contribution in [0.25, 0.3) is 0 Å². The van der Waals surface area contributed by atoms with Gasteiger partial charge < -0.3 is 5.21 Å². The number of nitrogens with zero attached hydrogens (tertiary/aromatic N) is 2. The summed E-state index contributed by atoms with van der Waals surface area (Å²) in [6, 6.07) is 5.68. The average molecular weight is 291 g/mol. The third-order valence-electron chi connectivity index (χ3n) is 2.21. The fourth-order valence-corrected chi connectivity index (χ4v) is 3.01. The molecule has 0 heterocycles. The molecule has 1 N–H and O–H groups in total. The van der Waals surface area contributed by atoms with Crippen LogP contribution in [0, 0.1) is 0 Å². The lowest BCUT2D eigenvalue weighted by molar-refractivity contribution is -0.124. The number of oxime groups is 1. The van der Waals surface area contributed by atoms with Gasteiger partial charge in [-0.15, -0.1) is 0 Å². The van der Waals surface area contributed by atoms with Crippen LogP contribution in [0.5, 0.6) is 0 Å². The van der Waals surface area contributed by atoms with Crippen molar-refractivity contribution in [3.05, 3.63) is 29.3 Å². The molecule has 1 aromatic rings. The lowest BCUT2D eigenvalue weighted by Gasteiger charge is -2.16. The van der Waals surface area contributed by atoms with Gasteiger partial charge in [0.25, 0.3) is 5.17 Å². The van der Waals surface area contributed by atoms with Crippen LogP contribution in [0.4, 0.5) is 0 Å². The SMILES string of the molecule is CC(=O)N(C)/C(=N/O)S(=O)(=O)c1ccccc1Cl. The summed E-state index contributed by atoms with van der Waals surface area (Å²) in [4.78, 5) is 11.6. The van der Waals surface area contributed by atoms with Crippen LogP contribution in [-0.2, 0) is 14.6 Å². The summed E-state index contributed by atoms with van der Waals surface area (Å²) >= 11 is 5.77. The molecule has 0 saturated heterocycles. The molecule has 0 fully saturated rings. The van der Waals surface area contributed by atoms with E-state index in [1.54, 1.807) is 6.07 Å². The lowest BCUT2D eigenvalue weighted by atomic mass is 10.4. The Hall–Kier alpha value is -1.60. The number of rotatable bonds is 1. The van der Waals surface area contributed by atoms with E-state index in [0.717, 1.165) is 11.8 Å². The van der Waals surface area contributed by atoms with Gasteiger partial charge in [0, 0.05) is 14.0 Å². The van der Waals surface area contributed by atoms with Gasteiger partial charge >= 0.3 is 0 Å². The van der Waals surface area contributed by atoms with Gasteiger partial charge in [0.1, 0.15) is 0 Å². The zero-order chi connectivity index (χ0) is 13.9. The number of amidine groups is 1. The standard InChI is InChI=1S/C10H11ClN2O4S/c1-7(14)13(2)10(12-15)18(16,17)9-6-4-3-5-8(9)11/h3-6,15H,1-2H3/b12-10-. The van der Waals surface area contributed by atoms with E-state index >= 15 is 0 Å². The van der Waals surface area contributed by atoms with E-state index in [-0.39, 0.29) is 9.92 Å². The highest BCUT2D eigenvalue weighted by Crippen LogP contribution is 2.23. The van der Waals surface area contributed by atoms with Crippen molar-refractivity contribution in [2.45, 2.75) is 11.8 Å². The molecule has 18 heavy (non-hydrogen) atoms. The minimum atomic E-state index is -4.15. The Morgan fingerprint density at radius 2 is 1.94 bits per heavy atom. The highest BCUT2D eigenvalue weighted by atomic mass is 35.5. The number of amides is 1. The van der Waals surface area contributed by atoms with Gasteiger partial charge in [-0.05, 0) is 12.1 Å². The Morgan fingerprint density at radius 3 is 2.39 bits per heavy atom. The molecule has 0 aliphatic rings. The number of benzene rings is 1. The number of sulfone groups is 1. The van der Waals surface area contributed by atoms with E-state index in [9.17, 15) is 13.2 Å². The second-order valence-corrected chi connectivity index (χ2v) is 5.61. The van der Waals surface area contributed by atoms with Crippen LogP contribution in [0.2, 0.25) is 5.02 Å². The second-order valence-electron chi connectivity index (χ2n) is 3.39. The molecule has 1 rings (SSSR count). The molecule has 1 aromatic carbocycles. The third-order valence-corrected chi connectivity index (χ3v) is 4.42. The van der Waals surface area contributed by atoms with Gasteiger partial charge in [-0.2, -0.15) is 0 Å². The fourth-order valence-electron chi connectivity index (χ4n) is 1.20. The maximum atomic E-state index is 12.2. The zero-order valence-electron chi connectivity index (χ0n) is 9.66. The number of halogens is 1. The molecule has 1 amide bonds. The van der Waals surface area contributed by atoms with E-state index in [1.165, 1.54) is 25.2 Å². The van der Waals surface area contributed by atoms with Gasteiger partial charge in [-0.3, -0.25) is 9.69 Å². The van der Waals surface area contributed by atoms with Gasteiger partial charge in [-0.1, -0.05) is 28.9 Å². The second kappa shape index (κ2) is 5.36. The van der Waals surface area contributed by atoms with Crippen molar-refractivity contribution in [2.75, 3.05) is 7.05 Å². The lowest BCUT2D eigenvalue weighted by Crippen LogP contribution is -2.37. The molecular formula is C10H11ClN2O4S. The van der Waals surface area contributed by atoms with E-state index in [1.807, 2.05) is 0 Å². The highest BCUT2D eigenvalue weighted by molar-refractivity contribution is 8.06. The molecule has 0 bridgehead atoms. The van der Waals surface area contributed by atoms with Crippen molar-refractivity contribution in [1.82, 2.24) is 4.90 Å². The molecule has 0 aliphatic heterocycles. The largest absolute Gasteiger partial charge is 0.409 e. The molecule has 0 spiro atoms. The minimum Gasteiger partial charge on any atom is -0.409 e. The maximum Gasteiger partial charge on any atom is 0.272 e. The van der Waals surface area contributed by atoms with Gasteiger partial charge in [-0.25, -0.2) is 8.42 Å². The van der Waals surface area contributed by atoms with Crippen LogP contribution < -0.4 is 0 Å². The fraction of sp³-hybridized carbons (Fsp3) is 0.200. The molecule has 98 valence electrons.